The smallest absolute Gasteiger partial charge is 0.00628 e. The zero-order valence-corrected chi connectivity index (χ0v) is 13.8. The Hall–Kier alpha value is -1.08. The van der Waals surface area contributed by atoms with Crippen LogP contribution in [-0.2, 0) is 12.8 Å². The monoisotopic (exact) mass is 330 g/mol. The van der Waals surface area contributed by atoms with Crippen molar-refractivity contribution in [2.75, 3.05) is 5.33 Å². The van der Waals surface area contributed by atoms with Crippen LogP contribution < -0.4 is 0 Å². The average molecular weight is 331 g/mol. The molecule has 2 rings (SSSR count). The van der Waals surface area contributed by atoms with E-state index in [1.165, 1.54) is 42.4 Å². The van der Waals surface area contributed by atoms with Gasteiger partial charge in [-0.2, -0.15) is 0 Å². The van der Waals surface area contributed by atoms with Crippen LogP contribution in [0.2, 0.25) is 0 Å². The van der Waals surface area contributed by atoms with Crippen LogP contribution in [0.4, 0.5) is 0 Å². The molecule has 1 unspecified atom stereocenters. The van der Waals surface area contributed by atoms with Gasteiger partial charge in [-0.25, -0.2) is 0 Å². The van der Waals surface area contributed by atoms with Crippen LogP contribution in [-0.4, -0.2) is 5.33 Å². The molecular formula is C19H23Br. The van der Waals surface area contributed by atoms with Crippen LogP contribution in [0.1, 0.15) is 29.5 Å². The molecule has 0 amide bonds. The summed E-state index contributed by atoms with van der Waals surface area (Å²) in [6, 6.07) is 19.7. The van der Waals surface area contributed by atoms with E-state index in [2.05, 4.69) is 77.5 Å². The largest absolute Gasteiger partial charge is 0.0925 e. The maximum absolute atomic E-state index is 3.68. The third-order valence-electron chi connectivity index (χ3n) is 3.75. The van der Waals surface area contributed by atoms with Gasteiger partial charge >= 0.3 is 0 Å². The van der Waals surface area contributed by atoms with Crippen LogP contribution in [0, 0.1) is 12.8 Å². The number of rotatable bonds is 7. The Morgan fingerprint density at radius 1 is 0.950 bits per heavy atom. The number of benzene rings is 2. The molecule has 1 heteroatoms. The van der Waals surface area contributed by atoms with E-state index in [1.54, 1.807) is 0 Å². The van der Waals surface area contributed by atoms with Crippen molar-refractivity contribution in [1.82, 2.24) is 0 Å². The maximum Gasteiger partial charge on any atom is 0.00628 e. The predicted molar refractivity (Wildman–Crippen MR) is 91.5 cm³/mol. The van der Waals surface area contributed by atoms with E-state index in [0.29, 0.717) is 0 Å². The lowest BCUT2D eigenvalue weighted by molar-refractivity contribution is 0.518. The zero-order chi connectivity index (χ0) is 14.2. The van der Waals surface area contributed by atoms with Crippen LogP contribution >= 0.6 is 15.9 Å². The van der Waals surface area contributed by atoms with Crippen LogP contribution in [0.25, 0.3) is 0 Å². The summed E-state index contributed by atoms with van der Waals surface area (Å²) in [6.45, 7) is 2.17. The van der Waals surface area contributed by atoms with Crippen molar-refractivity contribution in [3.05, 3.63) is 71.3 Å². The summed E-state index contributed by atoms with van der Waals surface area (Å²) in [5, 5.41) is 1.09. The lowest BCUT2D eigenvalue weighted by Crippen LogP contribution is -2.07. The van der Waals surface area contributed by atoms with Crippen molar-refractivity contribution >= 4 is 15.9 Å². The maximum atomic E-state index is 3.68. The fourth-order valence-electron chi connectivity index (χ4n) is 2.65. The molecule has 0 spiro atoms. The van der Waals surface area contributed by atoms with Gasteiger partial charge in [-0.05, 0) is 49.7 Å². The molecule has 0 aliphatic rings. The fraction of sp³-hybridized carbons (Fsp3) is 0.368. The van der Waals surface area contributed by atoms with Crippen LogP contribution in [0.3, 0.4) is 0 Å². The number of hydrogen-bond donors (Lipinski definition) is 0. The van der Waals surface area contributed by atoms with Gasteiger partial charge in [0.15, 0.2) is 0 Å². The molecule has 0 heterocycles. The molecule has 0 saturated carbocycles. The molecule has 106 valence electrons. The molecule has 20 heavy (non-hydrogen) atoms. The van der Waals surface area contributed by atoms with Gasteiger partial charge in [0.05, 0.1) is 0 Å². The third kappa shape index (κ3) is 5.13. The summed E-state index contributed by atoms with van der Waals surface area (Å²) in [7, 11) is 0. The summed E-state index contributed by atoms with van der Waals surface area (Å²) >= 11 is 3.68. The molecule has 0 bridgehead atoms. The van der Waals surface area contributed by atoms with E-state index < -0.39 is 0 Å². The van der Waals surface area contributed by atoms with Crippen LogP contribution in [0.15, 0.2) is 54.6 Å². The van der Waals surface area contributed by atoms with Crippen molar-refractivity contribution in [3.8, 4) is 0 Å². The molecule has 0 N–H and O–H groups in total. The highest BCUT2D eigenvalue weighted by Crippen LogP contribution is 2.19. The Balaban J connectivity index is 1.80. The number of alkyl halides is 1. The molecular weight excluding hydrogens is 308 g/mol. The van der Waals surface area contributed by atoms with E-state index in [0.717, 1.165) is 11.2 Å². The second-order valence-corrected chi connectivity index (χ2v) is 6.24. The van der Waals surface area contributed by atoms with E-state index in [4.69, 9.17) is 0 Å². The Labute approximate surface area is 131 Å². The summed E-state index contributed by atoms with van der Waals surface area (Å²) in [6.07, 6.45) is 4.93. The first-order chi connectivity index (χ1) is 9.78. The van der Waals surface area contributed by atoms with Gasteiger partial charge < -0.3 is 0 Å². The molecule has 0 saturated heterocycles. The standard InChI is InChI=1S/C19H23Br/c1-16-7-5-11-18(13-16)14-19(15-20)12-6-10-17-8-3-2-4-9-17/h2-5,7-9,11,13,19H,6,10,12,14-15H2,1H3. The molecule has 0 radical (unpaired) electrons. The van der Waals surface area contributed by atoms with Crippen molar-refractivity contribution < 1.29 is 0 Å². The lowest BCUT2D eigenvalue weighted by Gasteiger charge is -2.14. The van der Waals surface area contributed by atoms with Gasteiger partial charge in [0, 0.05) is 5.33 Å². The van der Waals surface area contributed by atoms with Crippen LogP contribution in [0.5, 0.6) is 0 Å². The van der Waals surface area contributed by atoms with Gasteiger partial charge in [0.25, 0.3) is 0 Å². The van der Waals surface area contributed by atoms with Crippen molar-refractivity contribution in [2.24, 2.45) is 5.92 Å². The van der Waals surface area contributed by atoms with Crippen molar-refractivity contribution in [3.63, 3.8) is 0 Å². The minimum absolute atomic E-state index is 0.737. The predicted octanol–water partition coefficient (Wildman–Crippen LogP) is 5.57. The number of aryl methyl sites for hydroxylation is 2. The van der Waals surface area contributed by atoms with E-state index in [-0.39, 0.29) is 0 Å². The molecule has 0 aromatic heterocycles. The molecule has 0 aliphatic carbocycles. The molecule has 1 atom stereocenters. The van der Waals surface area contributed by atoms with Gasteiger partial charge in [0.2, 0.25) is 0 Å². The first-order valence-electron chi connectivity index (χ1n) is 7.43. The highest BCUT2D eigenvalue weighted by molar-refractivity contribution is 9.09. The molecule has 0 fully saturated rings. The highest BCUT2D eigenvalue weighted by Gasteiger charge is 2.08. The first-order valence-corrected chi connectivity index (χ1v) is 8.55. The quantitative estimate of drug-likeness (QED) is 0.582. The van der Waals surface area contributed by atoms with E-state index in [1.807, 2.05) is 0 Å². The van der Waals surface area contributed by atoms with Crippen molar-refractivity contribution in [1.29, 1.82) is 0 Å². The lowest BCUT2D eigenvalue weighted by atomic mass is 9.94. The average Bonchev–Trinajstić information content (AvgIpc) is 2.47. The minimum atomic E-state index is 0.737. The third-order valence-corrected chi connectivity index (χ3v) is 4.66. The topological polar surface area (TPSA) is 0 Å². The molecule has 2 aromatic carbocycles. The first kappa shape index (κ1) is 15.3. The summed E-state index contributed by atoms with van der Waals surface area (Å²) in [5.41, 5.74) is 4.28. The Bertz CT molecular complexity index is 504. The SMILES string of the molecule is Cc1cccc(CC(CBr)CCCc2ccccc2)c1. The van der Waals surface area contributed by atoms with E-state index in [9.17, 15) is 0 Å². The van der Waals surface area contributed by atoms with Gasteiger partial charge in [0.1, 0.15) is 0 Å². The molecule has 2 aromatic rings. The van der Waals surface area contributed by atoms with Gasteiger partial charge in [-0.3, -0.25) is 0 Å². The van der Waals surface area contributed by atoms with Gasteiger partial charge in [-0.1, -0.05) is 76.1 Å². The minimum Gasteiger partial charge on any atom is -0.0925 e. The fourth-order valence-corrected chi connectivity index (χ4v) is 3.20. The van der Waals surface area contributed by atoms with E-state index >= 15 is 0 Å². The Morgan fingerprint density at radius 3 is 2.40 bits per heavy atom. The molecule has 0 aliphatic heterocycles. The number of halogens is 1. The highest BCUT2D eigenvalue weighted by atomic mass is 79.9. The zero-order valence-electron chi connectivity index (χ0n) is 12.2. The number of hydrogen-bond acceptors (Lipinski definition) is 0. The van der Waals surface area contributed by atoms with Crippen molar-refractivity contribution in [2.45, 2.75) is 32.6 Å². The summed E-state index contributed by atoms with van der Waals surface area (Å²) < 4.78 is 0. The second kappa shape index (κ2) is 8.26. The Morgan fingerprint density at radius 2 is 1.70 bits per heavy atom. The summed E-state index contributed by atoms with van der Waals surface area (Å²) in [4.78, 5) is 0. The normalized spacial score (nSPS) is 12.3. The van der Waals surface area contributed by atoms with Gasteiger partial charge in [-0.15, -0.1) is 0 Å². The summed E-state index contributed by atoms with van der Waals surface area (Å²) in [5.74, 6) is 0.737. The Kier molecular flexibility index (Phi) is 6.32. The molecule has 0 nitrogen and oxygen atoms in total. The second-order valence-electron chi connectivity index (χ2n) is 5.59.